The molecule has 1 aromatic heterocycles. The number of alkyl carbamates (subject to hydrolysis) is 1. The lowest BCUT2D eigenvalue weighted by Crippen LogP contribution is -2.50. The molecule has 1 heterocycles. The minimum atomic E-state index is -3.78. The summed E-state index contributed by atoms with van der Waals surface area (Å²) in [5, 5.41) is 15.7. The first-order chi connectivity index (χ1) is 17.3. The first-order valence-electron chi connectivity index (χ1n) is 12.0. The number of hydrogen-bond donors (Lipinski definition) is 2. The van der Waals surface area contributed by atoms with E-state index in [1.54, 1.807) is 17.5 Å². The van der Waals surface area contributed by atoms with Crippen molar-refractivity contribution in [3.63, 3.8) is 0 Å². The van der Waals surface area contributed by atoms with Crippen LogP contribution < -0.4 is 5.32 Å². The fourth-order valence-electron chi connectivity index (χ4n) is 3.65. The van der Waals surface area contributed by atoms with Gasteiger partial charge in [0.25, 0.3) is 10.0 Å². The molecule has 36 heavy (non-hydrogen) atoms. The molecule has 0 radical (unpaired) electrons. The lowest BCUT2D eigenvalue weighted by molar-refractivity contribution is 0.0883. The second kappa shape index (κ2) is 13.5. The molecule has 0 bridgehead atoms. The highest BCUT2D eigenvalue weighted by atomic mass is 32.2. The fraction of sp³-hybridized carbons (Fsp3) is 0.370. The number of nitrogens with zero attached hydrogens (tertiary/aromatic N) is 1. The van der Waals surface area contributed by atoms with E-state index in [1.807, 2.05) is 74.5 Å². The maximum absolute atomic E-state index is 13.3. The standard InChI is InChI=1S/C27H34N2O5S2/c1-21(2)15-16-29(36(32,33)26-14-9-17-35-26)19-25(30)24(18-22-10-5-3-6-11-22)28-27(31)34-20-23-12-7-4-8-13-23/h3-14,17,21,24-25,30H,15-16,18-20H2,1-2H3,(H,28,31). The Morgan fingerprint density at radius 2 is 1.64 bits per heavy atom. The Balaban J connectivity index is 1.76. The topological polar surface area (TPSA) is 95.9 Å². The number of aliphatic hydroxyl groups excluding tert-OH is 1. The van der Waals surface area contributed by atoms with Gasteiger partial charge in [-0.25, -0.2) is 13.2 Å². The third kappa shape index (κ3) is 8.44. The smallest absolute Gasteiger partial charge is 0.407 e. The number of ether oxygens (including phenoxy) is 1. The van der Waals surface area contributed by atoms with Crippen LogP contribution >= 0.6 is 11.3 Å². The summed E-state index contributed by atoms with van der Waals surface area (Å²) in [7, 11) is -3.78. The van der Waals surface area contributed by atoms with Gasteiger partial charge in [0, 0.05) is 13.1 Å². The van der Waals surface area contributed by atoms with Crippen molar-refractivity contribution in [3.05, 3.63) is 89.3 Å². The summed E-state index contributed by atoms with van der Waals surface area (Å²) in [5.41, 5.74) is 1.74. The third-order valence-electron chi connectivity index (χ3n) is 5.71. The van der Waals surface area contributed by atoms with E-state index in [0.29, 0.717) is 12.8 Å². The van der Waals surface area contributed by atoms with E-state index in [0.717, 1.165) is 22.5 Å². The predicted octanol–water partition coefficient (Wildman–Crippen LogP) is 4.68. The maximum Gasteiger partial charge on any atom is 0.407 e. The van der Waals surface area contributed by atoms with Gasteiger partial charge in [0.1, 0.15) is 10.8 Å². The molecule has 194 valence electrons. The zero-order valence-electron chi connectivity index (χ0n) is 20.6. The van der Waals surface area contributed by atoms with Gasteiger partial charge in [-0.2, -0.15) is 4.31 Å². The SMILES string of the molecule is CC(C)CCN(CC(O)C(Cc1ccccc1)NC(=O)OCc1ccccc1)S(=O)(=O)c1cccs1. The van der Waals surface area contributed by atoms with Crippen molar-refractivity contribution in [2.24, 2.45) is 5.92 Å². The van der Waals surface area contributed by atoms with Crippen LogP contribution in [0.4, 0.5) is 4.79 Å². The van der Waals surface area contributed by atoms with Crippen LogP contribution in [0.25, 0.3) is 0 Å². The van der Waals surface area contributed by atoms with Crippen molar-refractivity contribution in [2.45, 2.75) is 49.7 Å². The largest absolute Gasteiger partial charge is 0.445 e. The van der Waals surface area contributed by atoms with Crippen molar-refractivity contribution in [3.8, 4) is 0 Å². The molecule has 3 rings (SSSR count). The van der Waals surface area contributed by atoms with E-state index in [-0.39, 0.29) is 29.8 Å². The molecule has 2 atom stereocenters. The molecular weight excluding hydrogens is 496 g/mol. The first kappa shape index (κ1) is 27.9. The third-order valence-corrected chi connectivity index (χ3v) is 8.95. The summed E-state index contributed by atoms with van der Waals surface area (Å²) in [6.45, 7) is 4.26. The lowest BCUT2D eigenvalue weighted by atomic mass is 10.0. The Morgan fingerprint density at radius 3 is 2.22 bits per heavy atom. The Labute approximate surface area is 217 Å². The molecule has 9 heteroatoms. The molecule has 2 unspecified atom stereocenters. The molecule has 0 saturated carbocycles. The molecule has 1 amide bonds. The highest BCUT2D eigenvalue weighted by Crippen LogP contribution is 2.23. The maximum atomic E-state index is 13.3. The molecule has 3 aromatic rings. The van der Waals surface area contributed by atoms with E-state index >= 15 is 0 Å². The van der Waals surface area contributed by atoms with E-state index in [4.69, 9.17) is 4.74 Å². The van der Waals surface area contributed by atoms with Crippen LogP contribution in [0.1, 0.15) is 31.4 Å². The number of nitrogens with one attached hydrogen (secondary N) is 1. The second-order valence-electron chi connectivity index (χ2n) is 9.05. The highest BCUT2D eigenvalue weighted by Gasteiger charge is 2.31. The normalized spacial score (nSPS) is 13.5. The summed E-state index contributed by atoms with van der Waals surface area (Å²) in [6.07, 6.45) is -0.864. The summed E-state index contributed by atoms with van der Waals surface area (Å²) >= 11 is 1.14. The van der Waals surface area contributed by atoms with Crippen LogP contribution in [0.2, 0.25) is 0 Å². The van der Waals surface area contributed by atoms with Crippen molar-refractivity contribution >= 4 is 27.5 Å². The van der Waals surface area contributed by atoms with Crippen LogP contribution in [0.5, 0.6) is 0 Å². The van der Waals surface area contributed by atoms with E-state index < -0.39 is 28.3 Å². The summed E-state index contributed by atoms with van der Waals surface area (Å²) in [6, 6.07) is 21.2. The molecular formula is C27H34N2O5S2. The van der Waals surface area contributed by atoms with Gasteiger partial charge in [-0.05, 0) is 41.3 Å². The first-order valence-corrected chi connectivity index (χ1v) is 14.3. The zero-order valence-corrected chi connectivity index (χ0v) is 22.3. The number of carbonyl (C=O) groups excluding carboxylic acids is 1. The number of hydrogen-bond acceptors (Lipinski definition) is 6. The molecule has 0 saturated heterocycles. The van der Waals surface area contributed by atoms with Gasteiger partial charge in [0.2, 0.25) is 0 Å². The van der Waals surface area contributed by atoms with Crippen molar-refractivity contribution < 1.29 is 23.1 Å². The summed E-state index contributed by atoms with van der Waals surface area (Å²) < 4.78 is 33.5. The fourth-order valence-corrected chi connectivity index (χ4v) is 6.27. The number of benzene rings is 2. The molecule has 0 aliphatic carbocycles. The summed E-state index contributed by atoms with van der Waals surface area (Å²) in [5.74, 6) is 0.286. The van der Waals surface area contributed by atoms with Gasteiger partial charge in [-0.3, -0.25) is 0 Å². The van der Waals surface area contributed by atoms with Crippen molar-refractivity contribution in [1.29, 1.82) is 0 Å². The van der Waals surface area contributed by atoms with Gasteiger partial charge < -0.3 is 15.2 Å². The Kier molecular flexibility index (Phi) is 10.5. The van der Waals surface area contributed by atoms with Crippen molar-refractivity contribution in [1.82, 2.24) is 9.62 Å². The molecule has 0 aliphatic rings. The predicted molar refractivity (Wildman–Crippen MR) is 142 cm³/mol. The molecule has 2 N–H and O–H groups in total. The number of carbonyl (C=O) groups is 1. The number of sulfonamides is 1. The van der Waals surface area contributed by atoms with Gasteiger partial charge in [-0.15, -0.1) is 11.3 Å². The van der Waals surface area contributed by atoms with Gasteiger partial charge in [0.05, 0.1) is 12.1 Å². The van der Waals surface area contributed by atoms with Crippen LogP contribution in [0.3, 0.4) is 0 Å². The Hall–Kier alpha value is -2.72. The van der Waals surface area contributed by atoms with Crippen molar-refractivity contribution in [2.75, 3.05) is 13.1 Å². The minimum Gasteiger partial charge on any atom is -0.445 e. The van der Waals surface area contributed by atoms with Crippen LogP contribution in [0.15, 0.2) is 82.4 Å². The zero-order chi connectivity index (χ0) is 26.0. The van der Waals surface area contributed by atoms with Gasteiger partial charge in [-0.1, -0.05) is 80.6 Å². The monoisotopic (exact) mass is 530 g/mol. The number of aliphatic hydroxyl groups is 1. The van der Waals surface area contributed by atoms with E-state index in [1.165, 1.54) is 4.31 Å². The van der Waals surface area contributed by atoms with Crippen LogP contribution in [-0.2, 0) is 27.8 Å². The van der Waals surface area contributed by atoms with Crippen LogP contribution in [0, 0.1) is 5.92 Å². The Morgan fingerprint density at radius 1 is 1.00 bits per heavy atom. The average Bonchev–Trinajstić information content (AvgIpc) is 3.42. The number of thiophene rings is 1. The highest BCUT2D eigenvalue weighted by molar-refractivity contribution is 7.91. The minimum absolute atomic E-state index is 0.0914. The second-order valence-corrected chi connectivity index (χ2v) is 12.2. The van der Waals surface area contributed by atoms with E-state index in [9.17, 15) is 18.3 Å². The Bertz CT molecular complexity index is 1150. The molecule has 7 nitrogen and oxygen atoms in total. The molecule has 2 aromatic carbocycles. The van der Waals surface area contributed by atoms with Gasteiger partial charge in [0.15, 0.2) is 0 Å². The molecule has 0 aliphatic heterocycles. The number of rotatable bonds is 13. The lowest BCUT2D eigenvalue weighted by Gasteiger charge is -2.29. The van der Waals surface area contributed by atoms with Gasteiger partial charge >= 0.3 is 6.09 Å². The summed E-state index contributed by atoms with van der Waals surface area (Å²) in [4.78, 5) is 12.6. The van der Waals surface area contributed by atoms with Crippen LogP contribution in [-0.4, -0.2) is 49.2 Å². The van der Waals surface area contributed by atoms with E-state index in [2.05, 4.69) is 5.32 Å². The molecule has 0 fully saturated rings. The number of amides is 1. The quantitative estimate of drug-likeness (QED) is 0.334. The molecule has 0 spiro atoms. The average molecular weight is 531 g/mol.